The fourth-order valence-electron chi connectivity index (χ4n) is 2.16. The molecule has 2 unspecified atom stereocenters. The summed E-state index contributed by atoms with van der Waals surface area (Å²) in [4.78, 5) is 0. The fourth-order valence-corrected chi connectivity index (χ4v) is 3.26. The second-order valence-electron chi connectivity index (χ2n) is 5.59. The van der Waals surface area contributed by atoms with Crippen LogP contribution in [0.3, 0.4) is 0 Å². The van der Waals surface area contributed by atoms with Crippen molar-refractivity contribution in [2.45, 2.75) is 51.3 Å². The van der Waals surface area contributed by atoms with Crippen LogP contribution in [0.25, 0.3) is 0 Å². The molecule has 0 aliphatic heterocycles. The van der Waals surface area contributed by atoms with E-state index in [2.05, 4.69) is 57.3 Å². The molecule has 0 heterocycles. The third-order valence-corrected chi connectivity index (χ3v) is 4.87. The summed E-state index contributed by atoms with van der Waals surface area (Å²) in [6.07, 6.45) is 0.871. The van der Waals surface area contributed by atoms with Crippen LogP contribution in [0.4, 0.5) is 0 Å². The van der Waals surface area contributed by atoms with Crippen LogP contribution < -0.4 is 5.32 Å². The lowest BCUT2D eigenvalue weighted by Crippen LogP contribution is -2.23. The SMILES string of the molecule is CCNC(CSC(C)CCO)c1ccc(C(C)C)cc1. The minimum Gasteiger partial charge on any atom is -0.396 e. The quantitative estimate of drug-likeness (QED) is 0.723. The van der Waals surface area contributed by atoms with Crippen LogP contribution in [0.2, 0.25) is 0 Å². The van der Waals surface area contributed by atoms with Crippen LogP contribution in [0.5, 0.6) is 0 Å². The smallest absolute Gasteiger partial charge is 0.0441 e. The largest absolute Gasteiger partial charge is 0.396 e. The van der Waals surface area contributed by atoms with Gasteiger partial charge in [-0.2, -0.15) is 11.8 Å². The third kappa shape index (κ3) is 5.86. The first-order chi connectivity index (χ1) is 9.58. The molecule has 114 valence electrons. The summed E-state index contributed by atoms with van der Waals surface area (Å²) >= 11 is 1.93. The molecule has 1 aromatic carbocycles. The third-order valence-electron chi connectivity index (χ3n) is 3.54. The summed E-state index contributed by atoms with van der Waals surface area (Å²) in [5.74, 6) is 1.64. The Morgan fingerprint density at radius 2 is 1.70 bits per heavy atom. The molecule has 0 aliphatic rings. The van der Waals surface area contributed by atoms with Crippen molar-refractivity contribution in [2.75, 3.05) is 18.9 Å². The Balaban J connectivity index is 2.64. The van der Waals surface area contributed by atoms with Gasteiger partial charge in [0.25, 0.3) is 0 Å². The number of aliphatic hydroxyl groups is 1. The monoisotopic (exact) mass is 295 g/mol. The first-order valence-corrected chi connectivity index (χ1v) is 8.69. The van der Waals surface area contributed by atoms with E-state index in [1.165, 1.54) is 11.1 Å². The van der Waals surface area contributed by atoms with Crippen molar-refractivity contribution in [3.63, 3.8) is 0 Å². The molecule has 2 nitrogen and oxygen atoms in total. The Kier molecular flexibility index (Phi) is 8.27. The van der Waals surface area contributed by atoms with E-state index in [4.69, 9.17) is 5.11 Å². The van der Waals surface area contributed by atoms with Crippen LogP contribution in [0.15, 0.2) is 24.3 Å². The molecular weight excluding hydrogens is 266 g/mol. The highest BCUT2D eigenvalue weighted by Crippen LogP contribution is 2.24. The van der Waals surface area contributed by atoms with Gasteiger partial charge in [0.1, 0.15) is 0 Å². The van der Waals surface area contributed by atoms with Gasteiger partial charge >= 0.3 is 0 Å². The molecule has 0 aliphatic carbocycles. The van der Waals surface area contributed by atoms with Crippen molar-refractivity contribution in [3.05, 3.63) is 35.4 Å². The molecule has 0 radical (unpaired) electrons. The van der Waals surface area contributed by atoms with Gasteiger partial charge in [-0.05, 0) is 30.0 Å². The maximum atomic E-state index is 8.98. The van der Waals surface area contributed by atoms with Crippen LogP contribution in [-0.4, -0.2) is 29.3 Å². The predicted molar refractivity (Wildman–Crippen MR) is 90.6 cm³/mol. The molecule has 0 saturated heterocycles. The van der Waals surface area contributed by atoms with Gasteiger partial charge in [-0.25, -0.2) is 0 Å². The summed E-state index contributed by atoms with van der Waals surface area (Å²) in [5, 5.41) is 13.0. The number of nitrogens with one attached hydrogen (secondary N) is 1. The Morgan fingerprint density at radius 1 is 1.10 bits per heavy atom. The second-order valence-corrected chi connectivity index (χ2v) is 7.06. The number of hydrogen-bond donors (Lipinski definition) is 2. The number of rotatable bonds is 9. The van der Waals surface area contributed by atoms with Gasteiger partial charge in [-0.15, -0.1) is 0 Å². The van der Waals surface area contributed by atoms with E-state index in [1.54, 1.807) is 0 Å². The van der Waals surface area contributed by atoms with E-state index in [1.807, 2.05) is 11.8 Å². The topological polar surface area (TPSA) is 32.3 Å². The molecule has 0 fully saturated rings. The van der Waals surface area contributed by atoms with Gasteiger partial charge in [0.15, 0.2) is 0 Å². The van der Waals surface area contributed by atoms with Crippen LogP contribution >= 0.6 is 11.8 Å². The molecule has 0 amide bonds. The number of hydrogen-bond acceptors (Lipinski definition) is 3. The van der Waals surface area contributed by atoms with E-state index in [0.717, 1.165) is 18.7 Å². The zero-order valence-corrected chi connectivity index (χ0v) is 14.0. The zero-order valence-electron chi connectivity index (χ0n) is 13.2. The lowest BCUT2D eigenvalue weighted by atomic mass is 9.99. The van der Waals surface area contributed by atoms with Crippen molar-refractivity contribution >= 4 is 11.8 Å². The number of benzene rings is 1. The van der Waals surface area contributed by atoms with Crippen LogP contribution in [-0.2, 0) is 0 Å². The molecule has 1 aromatic rings. The molecule has 2 atom stereocenters. The minimum atomic E-state index is 0.281. The van der Waals surface area contributed by atoms with Gasteiger partial charge in [-0.3, -0.25) is 0 Å². The van der Waals surface area contributed by atoms with E-state index in [9.17, 15) is 0 Å². The van der Waals surface area contributed by atoms with E-state index in [-0.39, 0.29) is 6.61 Å². The molecule has 3 heteroatoms. The normalized spacial score (nSPS) is 14.5. The highest BCUT2D eigenvalue weighted by Gasteiger charge is 2.13. The highest BCUT2D eigenvalue weighted by molar-refractivity contribution is 7.99. The fraction of sp³-hybridized carbons (Fsp3) is 0.647. The molecule has 1 rings (SSSR count). The molecule has 0 bridgehead atoms. The molecular formula is C17H29NOS. The summed E-state index contributed by atoms with van der Waals surface area (Å²) in [6, 6.07) is 9.38. The van der Waals surface area contributed by atoms with E-state index in [0.29, 0.717) is 17.2 Å². The number of aliphatic hydroxyl groups excluding tert-OH is 1. The maximum absolute atomic E-state index is 8.98. The Morgan fingerprint density at radius 3 is 2.20 bits per heavy atom. The summed E-state index contributed by atoms with van der Waals surface area (Å²) < 4.78 is 0. The zero-order chi connectivity index (χ0) is 15.0. The highest BCUT2D eigenvalue weighted by atomic mass is 32.2. The van der Waals surface area contributed by atoms with Crippen molar-refractivity contribution in [3.8, 4) is 0 Å². The first kappa shape index (κ1) is 17.5. The van der Waals surface area contributed by atoms with Crippen molar-refractivity contribution in [2.24, 2.45) is 0 Å². The van der Waals surface area contributed by atoms with Gasteiger partial charge in [-0.1, -0.05) is 52.0 Å². The predicted octanol–water partition coefficient (Wildman–Crippen LogP) is 3.96. The standard InChI is InChI=1S/C17H29NOS/c1-5-18-17(12-20-14(4)10-11-19)16-8-6-15(7-9-16)13(2)3/h6-9,13-14,17-19H,5,10-12H2,1-4H3. The Labute approximate surface area is 128 Å². The molecule has 2 N–H and O–H groups in total. The molecule has 0 saturated carbocycles. The lowest BCUT2D eigenvalue weighted by molar-refractivity contribution is 0.289. The number of thioether (sulfide) groups is 1. The van der Waals surface area contributed by atoms with Gasteiger partial charge in [0.05, 0.1) is 0 Å². The van der Waals surface area contributed by atoms with Gasteiger partial charge in [0, 0.05) is 23.7 Å². The molecule has 20 heavy (non-hydrogen) atoms. The van der Waals surface area contributed by atoms with Crippen molar-refractivity contribution in [1.29, 1.82) is 0 Å². The Hall–Kier alpha value is -0.510. The van der Waals surface area contributed by atoms with Gasteiger partial charge < -0.3 is 10.4 Å². The summed E-state index contributed by atoms with van der Waals surface area (Å²) in [5.41, 5.74) is 2.75. The second kappa shape index (κ2) is 9.43. The van der Waals surface area contributed by atoms with Crippen LogP contribution in [0, 0.1) is 0 Å². The van der Waals surface area contributed by atoms with Crippen molar-refractivity contribution in [1.82, 2.24) is 5.32 Å². The van der Waals surface area contributed by atoms with Crippen LogP contribution in [0.1, 0.15) is 57.2 Å². The summed E-state index contributed by atoms with van der Waals surface area (Å²) in [7, 11) is 0. The van der Waals surface area contributed by atoms with E-state index < -0.39 is 0 Å². The van der Waals surface area contributed by atoms with Crippen molar-refractivity contribution < 1.29 is 5.11 Å². The van der Waals surface area contributed by atoms with E-state index >= 15 is 0 Å². The maximum Gasteiger partial charge on any atom is 0.0441 e. The molecule has 0 spiro atoms. The van der Waals surface area contributed by atoms with Gasteiger partial charge in [0.2, 0.25) is 0 Å². The lowest BCUT2D eigenvalue weighted by Gasteiger charge is -2.20. The average Bonchev–Trinajstić information content (AvgIpc) is 2.44. The minimum absolute atomic E-state index is 0.281. The summed E-state index contributed by atoms with van der Waals surface area (Å²) in [6.45, 7) is 10.0. The average molecular weight is 295 g/mol. The Bertz CT molecular complexity index is 364. The molecule has 0 aromatic heterocycles. The first-order valence-electron chi connectivity index (χ1n) is 7.64.